The molecule has 0 aliphatic carbocycles. The van der Waals surface area contributed by atoms with Crippen LogP contribution in [0, 0.1) is 0 Å². The van der Waals surface area contributed by atoms with Gasteiger partial charge in [0.2, 0.25) is 0 Å². The highest BCUT2D eigenvalue weighted by molar-refractivity contribution is 5.76. The van der Waals surface area contributed by atoms with Crippen molar-refractivity contribution >= 4 is 16.9 Å². The van der Waals surface area contributed by atoms with Gasteiger partial charge in [0.05, 0.1) is 17.2 Å². The maximum atomic E-state index is 4.64. The lowest BCUT2D eigenvalue weighted by atomic mass is 9.79. The molecule has 2 N–H and O–H groups in total. The second-order valence-electron chi connectivity index (χ2n) is 8.69. The number of benzene rings is 1. The summed E-state index contributed by atoms with van der Waals surface area (Å²) >= 11 is 0. The molecular weight excluding hydrogens is 336 g/mol. The SMILES string of the molecule is CC1(C)CC(Nc2ccc(-c3cnc4ccccc4n3)nn2)CC(C)(C)N1. The quantitative estimate of drug-likeness (QED) is 0.738. The number of aromatic nitrogens is 4. The van der Waals surface area contributed by atoms with Crippen molar-refractivity contribution in [2.75, 3.05) is 5.32 Å². The maximum absolute atomic E-state index is 4.64. The van der Waals surface area contributed by atoms with E-state index in [1.165, 1.54) is 0 Å². The standard InChI is InChI=1S/C21H26N6/c1-20(2)11-14(12-21(3,4)27-20)23-19-10-9-17(25-26-19)18-13-22-15-7-5-6-8-16(15)24-18/h5-10,13-14,27H,11-12H2,1-4H3,(H,23,26). The van der Waals surface area contributed by atoms with E-state index >= 15 is 0 Å². The average Bonchev–Trinajstić information content (AvgIpc) is 2.59. The lowest BCUT2D eigenvalue weighted by molar-refractivity contribution is 0.170. The molecule has 2 aromatic heterocycles. The summed E-state index contributed by atoms with van der Waals surface area (Å²) in [7, 11) is 0. The third-order valence-corrected chi connectivity index (χ3v) is 4.92. The molecule has 4 rings (SSSR count). The van der Waals surface area contributed by atoms with Crippen LogP contribution in [0.5, 0.6) is 0 Å². The molecule has 3 aromatic rings. The van der Waals surface area contributed by atoms with E-state index in [-0.39, 0.29) is 11.1 Å². The monoisotopic (exact) mass is 362 g/mol. The van der Waals surface area contributed by atoms with Crippen molar-refractivity contribution in [1.82, 2.24) is 25.5 Å². The van der Waals surface area contributed by atoms with Gasteiger partial charge in [-0.1, -0.05) is 12.1 Å². The van der Waals surface area contributed by atoms with Crippen LogP contribution >= 0.6 is 0 Å². The van der Waals surface area contributed by atoms with Crippen molar-refractivity contribution in [1.29, 1.82) is 0 Å². The van der Waals surface area contributed by atoms with Gasteiger partial charge < -0.3 is 10.6 Å². The smallest absolute Gasteiger partial charge is 0.148 e. The minimum atomic E-state index is 0.0907. The molecule has 0 bridgehead atoms. The van der Waals surface area contributed by atoms with Crippen LogP contribution in [-0.2, 0) is 0 Å². The van der Waals surface area contributed by atoms with Gasteiger partial charge in [0, 0.05) is 17.1 Å². The summed E-state index contributed by atoms with van der Waals surface area (Å²) in [5.74, 6) is 0.797. The molecule has 3 heterocycles. The number of para-hydroxylation sites is 2. The number of nitrogens with zero attached hydrogens (tertiary/aromatic N) is 4. The Morgan fingerprint density at radius 1 is 0.889 bits per heavy atom. The molecule has 6 heteroatoms. The third-order valence-electron chi connectivity index (χ3n) is 4.92. The first-order valence-electron chi connectivity index (χ1n) is 9.42. The van der Waals surface area contributed by atoms with E-state index in [4.69, 9.17) is 0 Å². The lowest BCUT2D eigenvalue weighted by Crippen LogP contribution is -2.60. The number of fused-ring (bicyclic) bond motifs is 1. The number of hydrogen-bond donors (Lipinski definition) is 2. The third kappa shape index (κ3) is 4.06. The van der Waals surface area contributed by atoms with Crippen LogP contribution in [0.3, 0.4) is 0 Å². The van der Waals surface area contributed by atoms with Gasteiger partial charge in [0.15, 0.2) is 0 Å². The van der Waals surface area contributed by atoms with Crippen molar-refractivity contribution in [2.24, 2.45) is 0 Å². The van der Waals surface area contributed by atoms with Crippen molar-refractivity contribution in [3.05, 3.63) is 42.6 Å². The first kappa shape index (κ1) is 17.8. The van der Waals surface area contributed by atoms with Gasteiger partial charge in [-0.25, -0.2) is 4.98 Å². The zero-order valence-electron chi connectivity index (χ0n) is 16.3. The minimum Gasteiger partial charge on any atom is -0.366 e. The summed E-state index contributed by atoms with van der Waals surface area (Å²) in [6.07, 6.45) is 3.82. The number of anilines is 1. The largest absolute Gasteiger partial charge is 0.366 e. The number of piperidine rings is 1. The Balaban J connectivity index is 1.51. The van der Waals surface area contributed by atoms with E-state index in [0.29, 0.717) is 6.04 Å². The molecule has 0 saturated carbocycles. The van der Waals surface area contributed by atoms with Gasteiger partial charge in [-0.05, 0) is 64.8 Å². The Morgan fingerprint density at radius 2 is 1.59 bits per heavy atom. The van der Waals surface area contributed by atoms with Crippen LogP contribution in [0.2, 0.25) is 0 Å². The highest BCUT2D eigenvalue weighted by atomic mass is 15.2. The van der Waals surface area contributed by atoms with Crippen molar-refractivity contribution in [3.8, 4) is 11.4 Å². The molecule has 0 radical (unpaired) electrons. The fourth-order valence-corrected chi connectivity index (χ4v) is 4.26. The fourth-order valence-electron chi connectivity index (χ4n) is 4.26. The summed E-state index contributed by atoms with van der Waals surface area (Å²) in [6, 6.07) is 12.1. The maximum Gasteiger partial charge on any atom is 0.148 e. The van der Waals surface area contributed by atoms with Gasteiger partial charge >= 0.3 is 0 Å². The topological polar surface area (TPSA) is 75.6 Å². The van der Waals surface area contributed by atoms with E-state index in [1.807, 2.05) is 36.4 Å². The van der Waals surface area contributed by atoms with Crippen LogP contribution in [-0.4, -0.2) is 37.3 Å². The number of hydrogen-bond acceptors (Lipinski definition) is 6. The van der Waals surface area contributed by atoms with Crippen molar-refractivity contribution in [2.45, 2.75) is 57.7 Å². The Morgan fingerprint density at radius 3 is 2.26 bits per heavy atom. The second-order valence-corrected chi connectivity index (χ2v) is 8.69. The molecule has 1 aromatic carbocycles. The van der Waals surface area contributed by atoms with Gasteiger partial charge in [0.25, 0.3) is 0 Å². The van der Waals surface area contributed by atoms with Gasteiger partial charge in [-0.2, -0.15) is 0 Å². The molecule has 0 unspecified atom stereocenters. The first-order valence-corrected chi connectivity index (χ1v) is 9.42. The molecule has 0 atom stereocenters. The predicted molar refractivity (Wildman–Crippen MR) is 109 cm³/mol. The van der Waals surface area contributed by atoms with E-state index in [1.54, 1.807) is 6.20 Å². The van der Waals surface area contributed by atoms with Crippen LogP contribution in [0.4, 0.5) is 5.82 Å². The minimum absolute atomic E-state index is 0.0907. The van der Waals surface area contributed by atoms with Gasteiger partial charge in [-0.15, -0.1) is 10.2 Å². The van der Waals surface area contributed by atoms with E-state index < -0.39 is 0 Å². The highest BCUT2D eigenvalue weighted by Crippen LogP contribution is 2.30. The number of rotatable bonds is 3. The predicted octanol–water partition coefficient (Wildman–Crippen LogP) is 3.81. The Hall–Kier alpha value is -2.60. The van der Waals surface area contributed by atoms with Gasteiger partial charge in [-0.3, -0.25) is 4.98 Å². The lowest BCUT2D eigenvalue weighted by Gasteiger charge is -2.46. The Kier molecular flexibility index (Phi) is 4.30. The summed E-state index contributed by atoms with van der Waals surface area (Å²) < 4.78 is 0. The molecule has 6 nitrogen and oxygen atoms in total. The van der Waals surface area contributed by atoms with E-state index in [9.17, 15) is 0 Å². The first-order chi connectivity index (χ1) is 12.8. The molecule has 1 saturated heterocycles. The zero-order chi connectivity index (χ0) is 19.1. The van der Waals surface area contributed by atoms with Crippen LogP contribution in [0.15, 0.2) is 42.6 Å². The summed E-state index contributed by atoms with van der Waals surface area (Å²) in [5.41, 5.74) is 3.38. The molecule has 0 spiro atoms. The molecule has 27 heavy (non-hydrogen) atoms. The Bertz CT molecular complexity index is 932. The average molecular weight is 362 g/mol. The van der Waals surface area contributed by atoms with Crippen LogP contribution < -0.4 is 10.6 Å². The van der Waals surface area contributed by atoms with E-state index in [0.717, 1.165) is 41.1 Å². The van der Waals surface area contributed by atoms with Crippen molar-refractivity contribution < 1.29 is 0 Å². The molecule has 1 aliphatic rings. The fraction of sp³-hybridized carbons (Fsp3) is 0.429. The van der Waals surface area contributed by atoms with Crippen LogP contribution in [0.25, 0.3) is 22.4 Å². The number of nitrogens with one attached hydrogen (secondary N) is 2. The normalized spacial score (nSPS) is 19.1. The van der Waals surface area contributed by atoms with E-state index in [2.05, 4.69) is 58.5 Å². The Labute approximate surface area is 159 Å². The van der Waals surface area contributed by atoms with Gasteiger partial charge in [0.1, 0.15) is 17.2 Å². The second kappa shape index (κ2) is 6.53. The zero-order valence-corrected chi connectivity index (χ0v) is 16.3. The molecule has 1 fully saturated rings. The molecule has 0 amide bonds. The summed E-state index contributed by atoms with van der Waals surface area (Å²) in [6.45, 7) is 8.98. The molecular formula is C21H26N6. The van der Waals surface area contributed by atoms with Crippen molar-refractivity contribution in [3.63, 3.8) is 0 Å². The molecule has 140 valence electrons. The summed E-state index contributed by atoms with van der Waals surface area (Å²) in [4.78, 5) is 9.09. The highest BCUT2D eigenvalue weighted by Gasteiger charge is 2.37. The summed E-state index contributed by atoms with van der Waals surface area (Å²) in [5, 5.41) is 16.0. The van der Waals surface area contributed by atoms with Crippen LogP contribution in [0.1, 0.15) is 40.5 Å². The molecule has 1 aliphatic heterocycles.